The van der Waals surface area contributed by atoms with E-state index in [1.165, 1.54) is 0 Å². The van der Waals surface area contributed by atoms with Gasteiger partial charge in [0.15, 0.2) is 0 Å². The van der Waals surface area contributed by atoms with Crippen molar-refractivity contribution in [3.63, 3.8) is 0 Å². The van der Waals surface area contributed by atoms with Crippen molar-refractivity contribution in [2.45, 2.75) is 18.9 Å². The Morgan fingerprint density at radius 3 is 2.61 bits per heavy atom. The standard InChI is InChI=1S/C13H15N3O2/c17-12-10-3-1-2-4-11(10)16(13(18)15-12)9-5-7-14-8-6-9/h1-4,9,14H,5-8H2,(H,15,17,18). The molecule has 18 heavy (non-hydrogen) atoms. The third-order valence-electron chi connectivity index (χ3n) is 3.52. The van der Waals surface area contributed by atoms with E-state index in [9.17, 15) is 9.59 Å². The third-order valence-corrected chi connectivity index (χ3v) is 3.52. The van der Waals surface area contributed by atoms with Crippen LogP contribution in [0.2, 0.25) is 0 Å². The molecule has 0 unspecified atom stereocenters. The molecule has 0 bridgehead atoms. The maximum atomic E-state index is 12.0. The first kappa shape index (κ1) is 11.2. The van der Waals surface area contributed by atoms with Crippen LogP contribution in [0.15, 0.2) is 33.9 Å². The number of nitrogens with one attached hydrogen (secondary N) is 2. The molecule has 94 valence electrons. The molecule has 0 aliphatic carbocycles. The van der Waals surface area contributed by atoms with Crippen molar-refractivity contribution in [3.05, 3.63) is 45.1 Å². The molecule has 1 aromatic carbocycles. The first-order valence-electron chi connectivity index (χ1n) is 6.21. The van der Waals surface area contributed by atoms with Crippen LogP contribution in [0.5, 0.6) is 0 Å². The number of nitrogens with zero attached hydrogens (tertiary/aromatic N) is 1. The van der Waals surface area contributed by atoms with Crippen LogP contribution in [-0.2, 0) is 0 Å². The van der Waals surface area contributed by atoms with Crippen molar-refractivity contribution in [3.8, 4) is 0 Å². The summed E-state index contributed by atoms with van der Waals surface area (Å²) in [5, 5.41) is 3.86. The Morgan fingerprint density at radius 1 is 1.11 bits per heavy atom. The van der Waals surface area contributed by atoms with Gasteiger partial charge in [-0.1, -0.05) is 12.1 Å². The van der Waals surface area contributed by atoms with Crippen LogP contribution in [0.1, 0.15) is 18.9 Å². The highest BCUT2D eigenvalue weighted by Gasteiger charge is 2.18. The fraction of sp³-hybridized carbons (Fsp3) is 0.385. The second-order valence-corrected chi connectivity index (χ2v) is 4.63. The van der Waals surface area contributed by atoms with Gasteiger partial charge in [-0.2, -0.15) is 0 Å². The molecule has 2 N–H and O–H groups in total. The van der Waals surface area contributed by atoms with E-state index in [2.05, 4.69) is 10.3 Å². The fourth-order valence-electron chi connectivity index (χ4n) is 2.64. The van der Waals surface area contributed by atoms with Crippen LogP contribution < -0.4 is 16.6 Å². The summed E-state index contributed by atoms with van der Waals surface area (Å²) in [6.45, 7) is 1.81. The summed E-state index contributed by atoms with van der Waals surface area (Å²) in [7, 11) is 0. The first-order chi connectivity index (χ1) is 8.77. The molecular formula is C13H15N3O2. The van der Waals surface area contributed by atoms with Gasteiger partial charge >= 0.3 is 5.69 Å². The predicted molar refractivity (Wildman–Crippen MR) is 70.0 cm³/mol. The molecule has 2 heterocycles. The molecule has 1 aromatic heterocycles. The van der Waals surface area contributed by atoms with Gasteiger partial charge < -0.3 is 5.32 Å². The van der Waals surface area contributed by atoms with E-state index >= 15 is 0 Å². The Bertz CT molecular complexity index is 680. The molecule has 0 amide bonds. The van der Waals surface area contributed by atoms with E-state index in [1.54, 1.807) is 10.6 Å². The Kier molecular flexibility index (Phi) is 2.76. The number of hydrogen-bond donors (Lipinski definition) is 2. The van der Waals surface area contributed by atoms with Crippen molar-refractivity contribution in [2.75, 3.05) is 13.1 Å². The average Bonchev–Trinajstić information content (AvgIpc) is 2.40. The maximum absolute atomic E-state index is 12.0. The summed E-state index contributed by atoms with van der Waals surface area (Å²) < 4.78 is 1.73. The number of benzene rings is 1. The van der Waals surface area contributed by atoms with Gasteiger partial charge in [0.05, 0.1) is 10.9 Å². The smallest absolute Gasteiger partial charge is 0.317 e. The number of aromatic amines is 1. The van der Waals surface area contributed by atoms with Crippen LogP contribution in [0, 0.1) is 0 Å². The molecule has 1 saturated heterocycles. The number of rotatable bonds is 1. The zero-order valence-electron chi connectivity index (χ0n) is 9.98. The van der Waals surface area contributed by atoms with Crippen LogP contribution in [0.3, 0.4) is 0 Å². The molecule has 5 heteroatoms. The van der Waals surface area contributed by atoms with Crippen molar-refractivity contribution >= 4 is 10.9 Å². The number of hydrogen-bond acceptors (Lipinski definition) is 3. The van der Waals surface area contributed by atoms with Gasteiger partial charge in [0.2, 0.25) is 0 Å². The molecule has 1 fully saturated rings. The van der Waals surface area contributed by atoms with E-state index in [-0.39, 0.29) is 17.3 Å². The second-order valence-electron chi connectivity index (χ2n) is 4.63. The highest BCUT2D eigenvalue weighted by molar-refractivity contribution is 5.77. The lowest BCUT2D eigenvalue weighted by molar-refractivity contribution is 0.365. The number of aromatic nitrogens is 2. The minimum Gasteiger partial charge on any atom is -0.317 e. The van der Waals surface area contributed by atoms with Gasteiger partial charge in [-0.05, 0) is 38.1 Å². The number of para-hydroxylation sites is 1. The van der Waals surface area contributed by atoms with E-state index in [4.69, 9.17) is 0 Å². The summed E-state index contributed by atoms with van der Waals surface area (Å²) >= 11 is 0. The zero-order chi connectivity index (χ0) is 12.5. The largest absolute Gasteiger partial charge is 0.329 e. The van der Waals surface area contributed by atoms with E-state index in [0.717, 1.165) is 31.4 Å². The maximum Gasteiger partial charge on any atom is 0.329 e. The molecule has 0 saturated carbocycles. The lowest BCUT2D eigenvalue weighted by Gasteiger charge is -2.25. The number of fused-ring (bicyclic) bond motifs is 1. The summed E-state index contributed by atoms with van der Waals surface area (Å²) in [5.74, 6) is 0. The fourth-order valence-corrected chi connectivity index (χ4v) is 2.64. The summed E-state index contributed by atoms with van der Waals surface area (Å²) in [5.41, 5.74) is 0.129. The van der Waals surface area contributed by atoms with Crippen molar-refractivity contribution in [1.29, 1.82) is 0 Å². The van der Waals surface area contributed by atoms with Crippen molar-refractivity contribution in [2.24, 2.45) is 0 Å². The summed E-state index contributed by atoms with van der Waals surface area (Å²) in [6.07, 6.45) is 1.83. The van der Waals surface area contributed by atoms with Gasteiger partial charge in [-0.3, -0.25) is 14.3 Å². The van der Waals surface area contributed by atoms with Crippen molar-refractivity contribution in [1.82, 2.24) is 14.9 Å². The van der Waals surface area contributed by atoms with Gasteiger partial charge in [0, 0.05) is 6.04 Å². The second kappa shape index (κ2) is 4.42. The molecule has 3 rings (SSSR count). The van der Waals surface area contributed by atoms with Crippen LogP contribution >= 0.6 is 0 Å². The average molecular weight is 245 g/mol. The van der Waals surface area contributed by atoms with Crippen LogP contribution in [0.25, 0.3) is 10.9 Å². The zero-order valence-corrected chi connectivity index (χ0v) is 9.98. The molecule has 1 aliphatic heterocycles. The van der Waals surface area contributed by atoms with Gasteiger partial charge in [0.25, 0.3) is 5.56 Å². The molecule has 0 spiro atoms. The predicted octanol–water partition coefficient (Wildman–Crippen LogP) is 0.614. The Morgan fingerprint density at radius 2 is 1.83 bits per heavy atom. The van der Waals surface area contributed by atoms with Gasteiger partial charge in [-0.15, -0.1) is 0 Å². The van der Waals surface area contributed by atoms with Gasteiger partial charge in [-0.25, -0.2) is 4.79 Å². The third kappa shape index (κ3) is 1.76. The summed E-state index contributed by atoms with van der Waals surface area (Å²) in [6, 6.07) is 7.44. The number of H-pyrrole nitrogens is 1. The highest BCUT2D eigenvalue weighted by Crippen LogP contribution is 2.20. The van der Waals surface area contributed by atoms with E-state index in [1.807, 2.05) is 18.2 Å². The number of piperidine rings is 1. The molecular weight excluding hydrogens is 230 g/mol. The molecule has 2 aromatic rings. The van der Waals surface area contributed by atoms with E-state index in [0.29, 0.717) is 5.39 Å². The minimum atomic E-state index is -0.305. The quantitative estimate of drug-likeness (QED) is 0.773. The SMILES string of the molecule is O=c1[nH]c(=O)n(C2CCNCC2)c2ccccc12. The molecule has 5 nitrogen and oxygen atoms in total. The molecule has 0 atom stereocenters. The first-order valence-corrected chi connectivity index (χ1v) is 6.21. The van der Waals surface area contributed by atoms with Crippen LogP contribution in [0.4, 0.5) is 0 Å². The normalized spacial score (nSPS) is 17.1. The van der Waals surface area contributed by atoms with E-state index < -0.39 is 0 Å². The molecule has 0 radical (unpaired) electrons. The highest BCUT2D eigenvalue weighted by atomic mass is 16.2. The van der Waals surface area contributed by atoms with Crippen LogP contribution in [-0.4, -0.2) is 22.6 Å². The molecule has 1 aliphatic rings. The summed E-state index contributed by atoms with van der Waals surface area (Å²) in [4.78, 5) is 26.2. The lowest BCUT2D eigenvalue weighted by Crippen LogP contribution is -2.37. The topological polar surface area (TPSA) is 66.9 Å². The monoisotopic (exact) mass is 245 g/mol. The Labute approximate surface area is 103 Å². The Hall–Kier alpha value is -1.88. The lowest BCUT2D eigenvalue weighted by atomic mass is 10.1. The Balaban J connectivity index is 2.27. The van der Waals surface area contributed by atoms with Crippen molar-refractivity contribution < 1.29 is 0 Å². The minimum absolute atomic E-state index is 0.167. The van der Waals surface area contributed by atoms with Gasteiger partial charge in [0.1, 0.15) is 0 Å².